The molecular weight excluding hydrogens is 296 g/mol. The zero-order chi connectivity index (χ0) is 16.2. The van der Waals surface area contributed by atoms with Crippen LogP contribution in [0.15, 0.2) is 54.9 Å². The third kappa shape index (κ3) is 3.54. The quantitative estimate of drug-likeness (QED) is 0.700. The van der Waals surface area contributed by atoms with E-state index in [2.05, 4.69) is 50.8 Å². The molecule has 0 unspecified atom stereocenters. The Morgan fingerprint density at radius 2 is 1.83 bits per heavy atom. The first-order valence-corrected chi connectivity index (χ1v) is 8.61. The summed E-state index contributed by atoms with van der Waals surface area (Å²) in [6.45, 7) is 1.96. The Morgan fingerprint density at radius 1 is 1.04 bits per heavy atom. The molecule has 122 valence electrons. The van der Waals surface area contributed by atoms with Crippen molar-refractivity contribution in [2.24, 2.45) is 5.92 Å². The van der Waals surface area contributed by atoms with E-state index in [-0.39, 0.29) is 0 Å². The molecule has 4 heteroatoms. The maximum Gasteiger partial charge on any atom is 0.0969 e. The average molecular weight is 318 g/mol. The minimum absolute atomic E-state index is 0.854. The van der Waals surface area contributed by atoms with Crippen molar-refractivity contribution in [3.63, 3.8) is 0 Å². The smallest absolute Gasteiger partial charge is 0.0969 e. The predicted molar refractivity (Wildman–Crippen MR) is 95.5 cm³/mol. The second kappa shape index (κ2) is 6.97. The van der Waals surface area contributed by atoms with Crippen LogP contribution in [-0.2, 0) is 13.0 Å². The molecule has 3 aromatic rings. The first kappa shape index (κ1) is 15.1. The maximum absolute atomic E-state index is 4.60. The Labute approximate surface area is 142 Å². The van der Waals surface area contributed by atoms with Gasteiger partial charge in [-0.25, -0.2) is 0 Å². The topological polar surface area (TPSA) is 53.6 Å². The van der Waals surface area contributed by atoms with Crippen LogP contribution in [-0.4, -0.2) is 21.7 Å². The largest absolute Gasteiger partial charge is 0.312 e. The summed E-state index contributed by atoms with van der Waals surface area (Å²) < 4.78 is 0. The highest BCUT2D eigenvalue weighted by atomic mass is 15.1. The van der Waals surface area contributed by atoms with E-state index in [0.29, 0.717) is 0 Å². The van der Waals surface area contributed by atoms with E-state index in [1.54, 1.807) is 0 Å². The van der Waals surface area contributed by atoms with Gasteiger partial charge in [-0.2, -0.15) is 5.10 Å². The number of benzene rings is 1. The molecule has 1 aromatic carbocycles. The second-order valence-electron chi connectivity index (χ2n) is 6.50. The molecule has 2 aromatic heterocycles. The van der Waals surface area contributed by atoms with Crippen LogP contribution >= 0.6 is 0 Å². The van der Waals surface area contributed by atoms with Crippen molar-refractivity contribution in [3.8, 4) is 11.3 Å². The molecule has 1 aliphatic carbocycles. The molecule has 2 N–H and O–H groups in total. The highest BCUT2D eigenvalue weighted by Gasteiger charge is 2.21. The first-order valence-electron chi connectivity index (χ1n) is 8.61. The maximum atomic E-state index is 4.60. The number of H-pyrrole nitrogens is 1. The summed E-state index contributed by atoms with van der Waals surface area (Å²) in [5, 5.41) is 11.5. The third-order valence-corrected chi connectivity index (χ3v) is 4.56. The number of aromatic nitrogens is 3. The van der Waals surface area contributed by atoms with Gasteiger partial charge in [-0.1, -0.05) is 30.3 Å². The number of hydrogen-bond donors (Lipinski definition) is 2. The van der Waals surface area contributed by atoms with Gasteiger partial charge in [0.1, 0.15) is 0 Å². The number of hydrogen-bond acceptors (Lipinski definition) is 3. The van der Waals surface area contributed by atoms with Gasteiger partial charge >= 0.3 is 0 Å². The van der Waals surface area contributed by atoms with E-state index in [1.807, 2.05) is 24.5 Å². The standard InChI is InChI=1S/C20H22N4/c1-2-4-15(5-3-1)12-19-18(14-22-13-16-6-7-16)20(24-23-19)17-8-10-21-11-9-17/h1-5,8-11,16,22H,6-7,12-14H2,(H,23,24). The lowest BCUT2D eigenvalue weighted by Gasteiger charge is -2.08. The van der Waals surface area contributed by atoms with Crippen LogP contribution in [0, 0.1) is 5.92 Å². The minimum Gasteiger partial charge on any atom is -0.312 e. The molecule has 0 atom stereocenters. The monoisotopic (exact) mass is 318 g/mol. The molecule has 2 heterocycles. The number of pyridine rings is 1. The fourth-order valence-electron chi connectivity index (χ4n) is 3.01. The number of nitrogens with one attached hydrogen (secondary N) is 2. The summed E-state index contributed by atoms with van der Waals surface area (Å²) >= 11 is 0. The van der Waals surface area contributed by atoms with Gasteiger partial charge in [-0.15, -0.1) is 0 Å². The summed E-state index contributed by atoms with van der Waals surface area (Å²) in [4.78, 5) is 4.12. The van der Waals surface area contributed by atoms with Crippen molar-refractivity contribution in [1.82, 2.24) is 20.5 Å². The molecule has 4 nitrogen and oxygen atoms in total. The number of nitrogens with zero attached hydrogens (tertiary/aromatic N) is 2. The van der Waals surface area contributed by atoms with Gasteiger partial charge in [0.05, 0.1) is 5.69 Å². The highest BCUT2D eigenvalue weighted by molar-refractivity contribution is 5.63. The molecule has 0 radical (unpaired) electrons. The van der Waals surface area contributed by atoms with Gasteiger partial charge in [-0.05, 0) is 43.0 Å². The molecule has 1 saturated carbocycles. The zero-order valence-electron chi connectivity index (χ0n) is 13.7. The molecular formula is C20H22N4. The number of aromatic amines is 1. The van der Waals surface area contributed by atoms with E-state index in [4.69, 9.17) is 0 Å². The summed E-state index contributed by atoms with van der Waals surface area (Å²) in [5.74, 6) is 0.874. The van der Waals surface area contributed by atoms with Crippen molar-refractivity contribution >= 4 is 0 Å². The van der Waals surface area contributed by atoms with Gasteiger partial charge in [0.25, 0.3) is 0 Å². The Bertz CT molecular complexity index is 776. The van der Waals surface area contributed by atoms with Crippen LogP contribution in [0.3, 0.4) is 0 Å². The lowest BCUT2D eigenvalue weighted by Crippen LogP contribution is -2.17. The zero-order valence-corrected chi connectivity index (χ0v) is 13.7. The Balaban J connectivity index is 1.60. The van der Waals surface area contributed by atoms with Crippen LogP contribution in [0.2, 0.25) is 0 Å². The van der Waals surface area contributed by atoms with Gasteiger partial charge in [0, 0.05) is 42.2 Å². The fourth-order valence-corrected chi connectivity index (χ4v) is 3.01. The molecule has 4 rings (SSSR count). The van der Waals surface area contributed by atoms with Crippen molar-refractivity contribution in [2.45, 2.75) is 25.8 Å². The van der Waals surface area contributed by atoms with Gasteiger partial charge in [0.15, 0.2) is 0 Å². The van der Waals surface area contributed by atoms with Gasteiger partial charge < -0.3 is 5.32 Å². The Hall–Kier alpha value is -2.46. The van der Waals surface area contributed by atoms with Crippen LogP contribution in [0.4, 0.5) is 0 Å². The van der Waals surface area contributed by atoms with E-state index in [9.17, 15) is 0 Å². The minimum atomic E-state index is 0.854. The number of rotatable bonds is 7. The van der Waals surface area contributed by atoms with Crippen molar-refractivity contribution in [3.05, 3.63) is 71.7 Å². The van der Waals surface area contributed by atoms with Crippen LogP contribution in [0.25, 0.3) is 11.3 Å². The lowest BCUT2D eigenvalue weighted by atomic mass is 10.0. The van der Waals surface area contributed by atoms with Crippen LogP contribution in [0.5, 0.6) is 0 Å². The van der Waals surface area contributed by atoms with Gasteiger partial charge in [-0.3, -0.25) is 10.1 Å². The summed E-state index contributed by atoms with van der Waals surface area (Å²) in [6.07, 6.45) is 7.25. The van der Waals surface area contributed by atoms with Crippen molar-refractivity contribution in [2.75, 3.05) is 6.54 Å². The van der Waals surface area contributed by atoms with Crippen LogP contribution in [0.1, 0.15) is 29.7 Å². The van der Waals surface area contributed by atoms with Gasteiger partial charge in [0.2, 0.25) is 0 Å². The Kier molecular flexibility index (Phi) is 4.38. The van der Waals surface area contributed by atoms with E-state index in [0.717, 1.165) is 36.7 Å². The summed E-state index contributed by atoms with van der Waals surface area (Å²) in [7, 11) is 0. The molecule has 0 spiro atoms. The summed E-state index contributed by atoms with van der Waals surface area (Å²) in [5.41, 5.74) is 5.91. The fraction of sp³-hybridized carbons (Fsp3) is 0.300. The average Bonchev–Trinajstić information content (AvgIpc) is 3.38. The molecule has 1 fully saturated rings. The predicted octanol–water partition coefficient (Wildman–Crippen LogP) is 3.56. The van der Waals surface area contributed by atoms with Crippen LogP contribution < -0.4 is 5.32 Å². The van der Waals surface area contributed by atoms with E-state index in [1.165, 1.54) is 29.7 Å². The SMILES string of the molecule is c1ccc(Cc2[nH]nc(-c3ccncc3)c2CNCC2CC2)cc1. The lowest BCUT2D eigenvalue weighted by molar-refractivity contribution is 0.637. The molecule has 0 saturated heterocycles. The molecule has 0 bridgehead atoms. The van der Waals surface area contributed by atoms with E-state index < -0.39 is 0 Å². The molecule has 1 aliphatic rings. The molecule has 0 amide bonds. The molecule has 0 aliphatic heterocycles. The second-order valence-corrected chi connectivity index (χ2v) is 6.50. The third-order valence-electron chi connectivity index (χ3n) is 4.56. The Morgan fingerprint density at radius 3 is 2.58 bits per heavy atom. The van der Waals surface area contributed by atoms with Crippen molar-refractivity contribution < 1.29 is 0 Å². The molecule has 24 heavy (non-hydrogen) atoms. The van der Waals surface area contributed by atoms with E-state index >= 15 is 0 Å². The first-order chi connectivity index (χ1) is 11.9. The normalized spacial score (nSPS) is 14.0. The van der Waals surface area contributed by atoms with Crippen molar-refractivity contribution in [1.29, 1.82) is 0 Å². The summed E-state index contributed by atoms with van der Waals surface area (Å²) in [6, 6.07) is 14.6. The highest BCUT2D eigenvalue weighted by Crippen LogP contribution is 2.29.